The highest BCUT2D eigenvalue weighted by atomic mass is 19.1. The minimum Gasteiger partial charge on any atom is -0.493 e. The fraction of sp³-hybridized carbons (Fsp3) is 0.241. The van der Waals surface area contributed by atoms with Crippen LogP contribution < -0.4 is 15.0 Å². The number of H-pyrrole nitrogens is 1. The lowest BCUT2D eigenvalue weighted by atomic mass is 9.96. The number of nitrogens with one attached hydrogen (secondary N) is 1. The maximum absolute atomic E-state index is 13.6. The van der Waals surface area contributed by atoms with E-state index in [1.165, 1.54) is 23.3 Å². The van der Waals surface area contributed by atoms with Gasteiger partial charge in [0.1, 0.15) is 11.9 Å². The number of halogens is 1. The highest BCUT2D eigenvalue weighted by Crippen LogP contribution is 2.35. The van der Waals surface area contributed by atoms with E-state index >= 15 is 0 Å². The molecule has 0 spiro atoms. The molecule has 3 aromatic carbocycles. The zero-order chi connectivity index (χ0) is 26.9. The molecular formula is C29H27FN6O3. The fourth-order valence-corrected chi connectivity index (χ4v) is 5.27. The van der Waals surface area contributed by atoms with Crippen molar-refractivity contribution in [3.8, 4) is 11.5 Å². The minimum atomic E-state index is -0.532. The van der Waals surface area contributed by atoms with Crippen molar-refractivity contribution in [1.29, 1.82) is 0 Å². The third-order valence-electron chi connectivity index (χ3n) is 7.25. The van der Waals surface area contributed by atoms with Gasteiger partial charge in [0.15, 0.2) is 17.3 Å². The lowest BCUT2D eigenvalue weighted by Gasteiger charge is -2.34. The quantitative estimate of drug-likeness (QED) is 0.344. The second-order valence-corrected chi connectivity index (χ2v) is 9.56. The predicted octanol–water partition coefficient (Wildman–Crippen LogP) is 3.87. The van der Waals surface area contributed by atoms with E-state index in [4.69, 9.17) is 9.47 Å². The molecule has 3 heterocycles. The smallest absolute Gasteiger partial charge is 0.253 e. The molecule has 5 aromatic rings. The molecule has 0 bridgehead atoms. The molecule has 2 aromatic heterocycles. The number of pyridine rings is 1. The van der Waals surface area contributed by atoms with Crippen LogP contribution in [0.1, 0.15) is 34.1 Å². The molecule has 1 atom stereocenters. The summed E-state index contributed by atoms with van der Waals surface area (Å²) < 4.78 is 26.1. The normalized spacial score (nSPS) is 14.2. The Balaban J connectivity index is 1.48. The summed E-state index contributed by atoms with van der Waals surface area (Å²) in [4.78, 5) is 18.9. The largest absolute Gasteiger partial charge is 0.493 e. The van der Waals surface area contributed by atoms with Gasteiger partial charge in [0.05, 0.1) is 26.3 Å². The van der Waals surface area contributed by atoms with Crippen molar-refractivity contribution in [2.75, 3.05) is 20.8 Å². The maximum Gasteiger partial charge on any atom is 0.253 e. The molecule has 0 amide bonds. The Bertz CT molecular complexity index is 1700. The summed E-state index contributed by atoms with van der Waals surface area (Å²) in [7, 11) is 3.13. The Morgan fingerprint density at radius 2 is 1.74 bits per heavy atom. The molecule has 9 nitrogen and oxygen atoms in total. The number of rotatable bonds is 7. The molecule has 0 saturated heterocycles. The fourth-order valence-electron chi connectivity index (χ4n) is 5.27. The minimum absolute atomic E-state index is 0.241. The molecule has 39 heavy (non-hydrogen) atoms. The molecule has 0 saturated carbocycles. The van der Waals surface area contributed by atoms with Crippen molar-refractivity contribution in [3.63, 3.8) is 0 Å². The Morgan fingerprint density at radius 3 is 2.51 bits per heavy atom. The highest BCUT2D eigenvalue weighted by Gasteiger charge is 2.32. The number of methoxy groups -OCH3 is 2. The molecule has 1 aliphatic heterocycles. The van der Waals surface area contributed by atoms with Crippen LogP contribution in [-0.2, 0) is 19.5 Å². The molecule has 198 valence electrons. The van der Waals surface area contributed by atoms with Crippen LogP contribution >= 0.6 is 0 Å². The summed E-state index contributed by atoms with van der Waals surface area (Å²) in [5.74, 6) is 1.31. The molecule has 10 heteroatoms. The Kier molecular flexibility index (Phi) is 6.54. The Labute approximate surface area is 223 Å². The van der Waals surface area contributed by atoms with Crippen LogP contribution in [0.5, 0.6) is 11.5 Å². The van der Waals surface area contributed by atoms with Gasteiger partial charge in [-0.2, -0.15) is 0 Å². The number of hydrogen-bond acceptors (Lipinski definition) is 7. The molecule has 1 unspecified atom stereocenters. The lowest BCUT2D eigenvalue weighted by Crippen LogP contribution is -2.38. The third-order valence-corrected chi connectivity index (χ3v) is 7.25. The van der Waals surface area contributed by atoms with Crippen LogP contribution in [0.4, 0.5) is 4.39 Å². The number of fused-ring (bicyclic) bond motifs is 2. The zero-order valence-corrected chi connectivity index (χ0v) is 21.6. The van der Waals surface area contributed by atoms with Gasteiger partial charge in [-0.15, -0.1) is 5.10 Å². The van der Waals surface area contributed by atoms with E-state index in [0.29, 0.717) is 48.0 Å². The van der Waals surface area contributed by atoms with Crippen molar-refractivity contribution >= 4 is 10.9 Å². The summed E-state index contributed by atoms with van der Waals surface area (Å²) in [5, 5.41) is 13.4. The van der Waals surface area contributed by atoms with Gasteiger partial charge in [-0.1, -0.05) is 36.4 Å². The number of aromatic nitrogens is 5. The second-order valence-electron chi connectivity index (χ2n) is 9.56. The van der Waals surface area contributed by atoms with Gasteiger partial charge in [-0.25, -0.2) is 9.07 Å². The van der Waals surface area contributed by atoms with Gasteiger partial charge < -0.3 is 14.5 Å². The molecular weight excluding hydrogens is 499 g/mol. The number of ether oxygens (including phenoxy) is 2. The van der Waals surface area contributed by atoms with Crippen molar-refractivity contribution in [2.24, 2.45) is 0 Å². The van der Waals surface area contributed by atoms with Crippen LogP contribution in [0.15, 0.2) is 71.5 Å². The van der Waals surface area contributed by atoms with Gasteiger partial charge in [0, 0.05) is 30.1 Å². The SMILES string of the molecule is COc1cc2cc(C(c3nnnn3Cc3ccc(F)cc3)N3CCc4ccccc4C3)c(=O)[nH]c2cc1OC. The van der Waals surface area contributed by atoms with Crippen LogP contribution in [0.3, 0.4) is 0 Å². The van der Waals surface area contributed by atoms with Crippen molar-refractivity contribution < 1.29 is 13.9 Å². The molecule has 1 aliphatic rings. The molecule has 0 aliphatic carbocycles. The molecule has 1 N–H and O–H groups in total. The highest BCUT2D eigenvalue weighted by molar-refractivity contribution is 5.83. The van der Waals surface area contributed by atoms with E-state index < -0.39 is 6.04 Å². The average Bonchev–Trinajstić information content (AvgIpc) is 3.41. The second kappa shape index (κ2) is 10.3. The van der Waals surface area contributed by atoms with E-state index in [0.717, 1.165) is 17.4 Å². The van der Waals surface area contributed by atoms with Gasteiger partial charge in [-0.05, 0) is 57.8 Å². The first-order valence-electron chi connectivity index (χ1n) is 12.6. The zero-order valence-electron chi connectivity index (χ0n) is 21.6. The average molecular weight is 527 g/mol. The summed E-state index contributed by atoms with van der Waals surface area (Å²) >= 11 is 0. The van der Waals surface area contributed by atoms with E-state index in [2.05, 4.69) is 37.5 Å². The molecule has 0 fully saturated rings. The van der Waals surface area contributed by atoms with E-state index in [9.17, 15) is 9.18 Å². The summed E-state index contributed by atoms with van der Waals surface area (Å²) in [6.45, 7) is 1.68. The molecule has 0 radical (unpaired) electrons. The van der Waals surface area contributed by atoms with Crippen molar-refractivity contribution in [1.82, 2.24) is 30.1 Å². The van der Waals surface area contributed by atoms with E-state index in [1.807, 2.05) is 24.3 Å². The first-order valence-corrected chi connectivity index (χ1v) is 12.6. The Hall–Kier alpha value is -4.57. The Morgan fingerprint density at radius 1 is 1.00 bits per heavy atom. The lowest BCUT2D eigenvalue weighted by molar-refractivity contribution is 0.194. The molecule has 6 rings (SSSR count). The first-order chi connectivity index (χ1) is 19.0. The van der Waals surface area contributed by atoms with Crippen LogP contribution in [0, 0.1) is 5.82 Å². The van der Waals surface area contributed by atoms with Crippen LogP contribution in [0.25, 0.3) is 10.9 Å². The van der Waals surface area contributed by atoms with Gasteiger partial charge >= 0.3 is 0 Å². The monoisotopic (exact) mass is 526 g/mol. The first kappa shape index (κ1) is 24.7. The van der Waals surface area contributed by atoms with E-state index in [1.54, 1.807) is 37.1 Å². The number of nitrogens with zero attached hydrogens (tertiary/aromatic N) is 5. The van der Waals surface area contributed by atoms with E-state index in [-0.39, 0.29) is 11.4 Å². The van der Waals surface area contributed by atoms with Crippen molar-refractivity contribution in [2.45, 2.75) is 25.6 Å². The number of tetrazole rings is 1. The number of aromatic amines is 1. The van der Waals surface area contributed by atoms with Crippen LogP contribution in [0.2, 0.25) is 0 Å². The van der Waals surface area contributed by atoms with Gasteiger partial charge in [0.25, 0.3) is 5.56 Å². The maximum atomic E-state index is 13.6. The topological polar surface area (TPSA) is 98.2 Å². The summed E-state index contributed by atoms with van der Waals surface area (Å²) in [5.41, 5.74) is 4.25. The summed E-state index contributed by atoms with van der Waals surface area (Å²) in [6.07, 6.45) is 0.836. The standard InChI is InChI=1S/C29H27FN6O3/c1-38-25-14-21-13-23(29(37)31-24(21)15-26(25)39-2)27(35-12-11-19-5-3-4-6-20(19)17-35)28-32-33-34-36(28)16-18-7-9-22(30)10-8-18/h3-10,13-15,27H,11-12,16-17H2,1-2H3,(H,31,37). The van der Waals surface area contributed by atoms with Crippen LogP contribution in [-0.4, -0.2) is 50.9 Å². The number of hydrogen-bond donors (Lipinski definition) is 1. The summed E-state index contributed by atoms with van der Waals surface area (Å²) in [6, 6.07) is 19.5. The predicted molar refractivity (Wildman–Crippen MR) is 143 cm³/mol. The number of benzene rings is 3. The third kappa shape index (κ3) is 4.74. The van der Waals surface area contributed by atoms with Gasteiger partial charge in [0.2, 0.25) is 0 Å². The van der Waals surface area contributed by atoms with Crippen molar-refractivity contribution in [3.05, 3.63) is 111 Å². The van der Waals surface area contributed by atoms with Gasteiger partial charge in [-0.3, -0.25) is 9.69 Å².